The summed E-state index contributed by atoms with van der Waals surface area (Å²) in [5.74, 6) is 0.541. The van der Waals surface area contributed by atoms with Crippen molar-refractivity contribution in [1.82, 2.24) is 19.4 Å². The number of nitrogen functional groups attached to an aromatic ring is 1. The molecule has 0 amide bonds. The molecule has 2 aromatic heterocycles. The maximum absolute atomic E-state index is 6.08. The number of fused-ring (bicyclic) bond motifs is 1. The number of ether oxygens (including phenoxy) is 1. The quantitative estimate of drug-likeness (QED) is 0.912. The van der Waals surface area contributed by atoms with Crippen LogP contribution in [0.25, 0.3) is 11.2 Å². The van der Waals surface area contributed by atoms with Crippen LogP contribution in [0.5, 0.6) is 0 Å². The van der Waals surface area contributed by atoms with Gasteiger partial charge >= 0.3 is 0 Å². The third kappa shape index (κ3) is 2.48. The lowest BCUT2D eigenvalue weighted by Crippen LogP contribution is -2.39. The second-order valence-electron chi connectivity index (χ2n) is 5.40. The Hall–Kier alpha value is -1.66. The third-order valence-corrected chi connectivity index (χ3v) is 3.77. The molecule has 3 heterocycles. The second kappa shape index (κ2) is 5.38. The van der Waals surface area contributed by atoms with Gasteiger partial charge in [-0.3, -0.25) is 9.47 Å². The number of rotatable bonds is 3. The Morgan fingerprint density at radius 1 is 1.30 bits per heavy atom. The fraction of sp³-hybridized carbons (Fsp3) is 0.571. The monoisotopic (exact) mass is 275 g/mol. The summed E-state index contributed by atoms with van der Waals surface area (Å²) in [6, 6.07) is 4.19. The molecule has 6 nitrogen and oxygen atoms in total. The molecule has 0 radical (unpaired) electrons. The summed E-state index contributed by atoms with van der Waals surface area (Å²) >= 11 is 0. The van der Waals surface area contributed by atoms with E-state index in [4.69, 9.17) is 10.5 Å². The standard InChI is InChI=1S/C14H21N5O/c1-10-3-4-12-13(16-10)19(14(15)17-12)11(2)9-18-5-7-20-8-6-18/h3-4,11H,5-9H2,1-2H3,(H2,15,17). The minimum absolute atomic E-state index is 0.243. The molecule has 20 heavy (non-hydrogen) atoms. The molecule has 3 rings (SSSR count). The second-order valence-corrected chi connectivity index (χ2v) is 5.40. The highest BCUT2D eigenvalue weighted by molar-refractivity contribution is 5.74. The predicted octanol–water partition coefficient (Wildman–Crippen LogP) is 1.22. The Morgan fingerprint density at radius 2 is 2.05 bits per heavy atom. The first-order valence-corrected chi connectivity index (χ1v) is 7.06. The van der Waals surface area contributed by atoms with Crippen LogP contribution in [0.3, 0.4) is 0 Å². The molecule has 0 bridgehead atoms. The van der Waals surface area contributed by atoms with Gasteiger partial charge in [-0.25, -0.2) is 9.97 Å². The van der Waals surface area contributed by atoms with E-state index in [2.05, 4.69) is 21.8 Å². The topological polar surface area (TPSA) is 69.2 Å². The maximum Gasteiger partial charge on any atom is 0.202 e. The van der Waals surface area contributed by atoms with Gasteiger partial charge in [0.05, 0.1) is 13.2 Å². The van der Waals surface area contributed by atoms with E-state index in [-0.39, 0.29) is 6.04 Å². The van der Waals surface area contributed by atoms with E-state index in [9.17, 15) is 0 Å². The fourth-order valence-corrected chi connectivity index (χ4v) is 2.76. The molecule has 6 heteroatoms. The van der Waals surface area contributed by atoms with E-state index in [0.717, 1.165) is 49.7 Å². The van der Waals surface area contributed by atoms with Crippen molar-refractivity contribution in [1.29, 1.82) is 0 Å². The molecular formula is C14H21N5O. The summed E-state index contributed by atoms with van der Waals surface area (Å²) in [5.41, 5.74) is 8.80. The molecule has 0 saturated carbocycles. The molecule has 0 aliphatic carbocycles. The van der Waals surface area contributed by atoms with Crippen molar-refractivity contribution in [2.75, 3.05) is 38.6 Å². The zero-order chi connectivity index (χ0) is 14.1. The molecule has 1 unspecified atom stereocenters. The van der Waals surface area contributed by atoms with Crippen LogP contribution < -0.4 is 5.73 Å². The first-order chi connectivity index (χ1) is 9.65. The molecular weight excluding hydrogens is 254 g/mol. The number of imidazole rings is 1. The van der Waals surface area contributed by atoms with Crippen molar-refractivity contribution in [2.24, 2.45) is 0 Å². The first-order valence-electron chi connectivity index (χ1n) is 7.06. The molecule has 2 N–H and O–H groups in total. The van der Waals surface area contributed by atoms with Gasteiger partial charge in [0.15, 0.2) is 5.65 Å². The Bertz CT molecular complexity index is 603. The van der Waals surface area contributed by atoms with E-state index in [1.807, 2.05) is 23.6 Å². The van der Waals surface area contributed by atoms with Crippen molar-refractivity contribution >= 4 is 17.1 Å². The van der Waals surface area contributed by atoms with Crippen LogP contribution in [0.2, 0.25) is 0 Å². The van der Waals surface area contributed by atoms with Crippen molar-refractivity contribution in [3.8, 4) is 0 Å². The number of nitrogens with two attached hydrogens (primary N) is 1. The van der Waals surface area contributed by atoms with Crippen LogP contribution in [0, 0.1) is 6.92 Å². The predicted molar refractivity (Wildman–Crippen MR) is 78.6 cm³/mol. The van der Waals surface area contributed by atoms with Crippen LogP contribution in [0.1, 0.15) is 18.7 Å². The van der Waals surface area contributed by atoms with Gasteiger partial charge in [0.2, 0.25) is 5.95 Å². The van der Waals surface area contributed by atoms with Crippen molar-refractivity contribution in [2.45, 2.75) is 19.9 Å². The smallest absolute Gasteiger partial charge is 0.202 e. The van der Waals surface area contributed by atoms with Crippen LogP contribution in [-0.2, 0) is 4.74 Å². The van der Waals surface area contributed by atoms with Crippen LogP contribution >= 0.6 is 0 Å². The molecule has 0 spiro atoms. The Morgan fingerprint density at radius 3 is 2.80 bits per heavy atom. The van der Waals surface area contributed by atoms with E-state index in [1.54, 1.807) is 0 Å². The number of anilines is 1. The van der Waals surface area contributed by atoms with Gasteiger partial charge in [0.1, 0.15) is 5.52 Å². The fourth-order valence-electron chi connectivity index (χ4n) is 2.76. The van der Waals surface area contributed by atoms with E-state index in [0.29, 0.717) is 5.95 Å². The van der Waals surface area contributed by atoms with Gasteiger partial charge in [0.25, 0.3) is 0 Å². The Kier molecular flexibility index (Phi) is 3.58. The average Bonchev–Trinajstić information content (AvgIpc) is 2.75. The van der Waals surface area contributed by atoms with Crippen LogP contribution in [0.4, 0.5) is 5.95 Å². The highest BCUT2D eigenvalue weighted by Crippen LogP contribution is 2.22. The first kappa shape index (κ1) is 13.3. The summed E-state index contributed by atoms with van der Waals surface area (Å²) in [7, 11) is 0. The summed E-state index contributed by atoms with van der Waals surface area (Å²) in [5, 5.41) is 0. The number of aryl methyl sites for hydroxylation is 1. The lowest BCUT2D eigenvalue weighted by molar-refractivity contribution is 0.0328. The summed E-state index contributed by atoms with van der Waals surface area (Å²) in [6.07, 6.45) is 0. The number of hydrogen-bond donors (Lipinski definition) is 1. The normalized spacial score (nSPS) is 18.5. The van der Waals surface area contributed by atoms with Crippen LogP contribution in [0.15, 0.2) is 12.1 Å². The van der Waals surface area contributed by atoms with Gasteiger partial charge in [-0.1, -0.05) is 0 Å². The molecule has 0 aromatic carbocycles. The third-order valence-electron chi connectivity index (χ3n) is 3.77. The molecule has 1 aliphatic heterocycles. The Labute approximate surface area is 118 Å². The summed E-state index contributed by atoms with van der Waals surface area (Å²) < 4.78 is 7.42. The number of nitrogens with zero attached hydrogens (tertiary/aromatic N) is 4. The molecule has 1 saturated heterocycles. The number of morpholine rings is 1. The van der Waals surface area contributed by atoms with Crippen molar-refractivity contribution in [3.63, 3.8) is 0 Å². The number of aromatic nitrogens is 3. The lowest BCUT2D eigenvalue weighted by atomic mass is 10.2. The van der Waals surface area contributed by atoms with E-state index < -0.39 is 0 Å². The zero-order valence-corrected chi connectivity index (χ0v) is 12.0. The minimum atomic E-state index is 0.243. The van der Waals surface area contributed by atoms with E-state index in [1.165, 1.54) is 0 Å². The van der Waals surface area contributed by atoms with Gasteiger partial charge in [0, 0.05) is 31.4 Å². The summed E-state index contributed by atoms with van der Waals surface area (Å²) in [4.78, 5) is 11.4. The largest absolute Gasteiger partial charge is 0.379 e. The minimum Gasteiger partial charge on any atom is -0.379 e. The molecule has 1 aliphatic rings. The number of pyridine rings is 1. The SMILES string of the molecule is Cc1ccc2nc(N)n(C(C)CN3CCOCC3)c2n1. The van der Waals surface area contributed by atoms with Gasteiger partial charge in [-0.2, -0.15) is 0 Å². The van der Waals surface area contributed by atoms with Gasteiger partial charge in [-0.15, -0.1) is 0 Å². The van der Waals surface area contributed by atoms with Crippen LogP contribution in [-0.4, -0.2) is 52.3 Å². The van der Waals surface area contributed by atoms with Crippen molar-refractivity contribution in [3.05, 3.63) is 17.8 Å². The maximum atomic E-state index is 6.08. The summed E-state index contributed by atoms with van der Waals surface area (Å²) in [6.45, 7) is 8.66. The molecule has 1 fully saturated rings. The average molecular weight is 275 g/mol. The van der Waals surface area contributed by atoms with Gasteiger partial charge < -0.3 is 10.5 Å². The van der Waals surface area contributed by atoms with Crippen molar-refractivity contribution < 1.29 is 4.74 Å². The number of hydrogen-bond acceptors (Lipinski definition) is 5. The lowest BCUT2D eigenvalue weighted by Gasteiger charge is -2.29. The molecule has 2 aromatic rings. The van der Waals surface area contributed by atoms with E-state index >= 15 is 0 Å². The molecule has 1 atom stereocenters. The molecule has 108 valence electrons. The van der Waals surface area contributed by atoms with Gasteiger partial charge in [-0.05, 0) is 26.0 Å². The Balaban J connectivity index is 1.88. The zero-order valence-electron chi connectivity index (χ0n) is 12.0. The highest BCUT2D eigenvalue weighted by Gasteiger charge is 2.19. The highest BCUT2D eigenvalue weighted by atomic mass is 16.5.